The van der Waals surface area contributed by atoms with Gasteiger partial charge in [0.05, 0.1) is 0 Å². The molecule has 0 saturated heterocycles. The van der Waals surface area contributed by atoms with Crippen molar-refractivity contribution in [2.75, 3.05) is 0 Å². The normalized spacial score (nSPS) is 11.0. The van der Waals surface area contributed by atoms with E-state index in [1.54, 1.807) is 0 Å². The zero-order chi connectivity index (χ0) is 15.6. The van der Waals surface area contributed by atoms with Gasteiger partial charge in [-0.2, -0.15) is 0 Å². The molecule has 0 fully saturated rings. The van der Waals surface area contributed by atoms with Gasteiger partial charge < -0.3 is 0 Å². The van der Waals surface area contributed by atoms with Gasteiger partial charge in [0.25, 0.3) is 0 Å². The molecule has 0 heteroatoms. The molecule has 0 heterocycles. The fraction of sp³-hybridized carbons (Fsp3) is 0.429. The number of benzene rings is 2. The van der Waals surface area contributed by atoms with Gasteiger partial charge >= 0.3 is 0 Å². The fourth-order valence-electron chi connectivity index (χ4n) is 3.21. The van der Waals surface area contributed by atoms with Crippen LogP contribution < -0.4 is 0 Å². The van der Waals surface area contributed by atoms with Crippen LogP contribution in [0.25, 0.3) is 11.1 Å². The number of rotatable bonds is 4. The molecular formula is C21H28. The Morgan fingerprint density at radius 1 is 0.714 bits per heavy atom. The third-order valence-corrected chi connectivity index (χ3v) is 4.63. The Balaban J connectivity index is 2.49. The lowest BCUT2D eigenvalue weighted by Gasteiger charge is -2.16. The molecule has 0 radical (unpaired) electrons. The van der Waals surface area contributed by atoms with Crippen LogP contribution in [-0.2, 0) is 6.42 Å². The molecule has 112 valence electrons. The molecule has 0 saturated carbocycles. The van der Waals surface area contributed by atoms with Crippen molar-refractivity contribution in [3.05, 3.63) is 57.6 Å². The van der Waals surface area contributed by atoms with Crippen LogP contribution in [0.5, 0.6) is 0 Å². The minimum atomic E-state index is 1.20. The lowest BCUT2D eigenvalue weighted by molar-refractivity contribution is 0.794. The van der Waals surface area contributed by atoms with Crippen molar-refractivity contribution in [2.24, 2.45) is 0 Å². The SMILES string of the molecule is CCCCc1cc(C)c(-c2cc(C)c(C)c(C)c2)c(C)c1. The van der Waals surface area contributed by atoms with Crippen molar-refractivity contribution in [2.45, 2.75) is 60.8 Å². The Morgan fingerprint density at radius 3 is 1.71 bits per heavy atom. The van der Waals surface area contributed by atoms with Gasteiger partial charge in [0.15, 0.2) is 0 Å². The van der Waals surface area contributed by atoms with E-state index in [4.69, 9.17) is 0 Å². The fourth-order valence-corrected chi connectivity index (χ4v) is 3.21. The third-order valence-electron chi connectivity index (χ3n) is 4.63. The van der Waals surface area contributed by atoms with E-state index in [0.717, 1.165) is 0 Å². The second kappa shape index (κ2) is 6.47. The summed E-state index contributed by atoms with van der Waals surface area (Å²) in [6.45, 7) is 13.4. The Morgan fingerprint density at radius 2 is 1.24 bits per heavy atom. The minimum absolute atomic E-state index is 1.20. The molecule has 0 N–H and O–H groups in total. The average molecular weight is 280 g/mol. The molecule has 0 aliphatic heterocycles. The van der Waals surface area contributed by atoms with Crippen LogP contribution in [-0.4, -0.2) is 0 Å². The molecular weight excluding hydrogens is 252 g/mol. The van der Waals surface area contributed by atoms with Crippen molar-refractivity contribution in [3.63, 3.8) is 0 Å². The van der Waals surface area contributed by atoms with E-state index in [2.05, 4.69) is 65.8 Å². The monoisotopic (exact) mass is 280 g/mol. The molecule has 0 aromatic heterocycles. The molecule has 2 aromatic carbocycles. The largest absolute Gasteiger partial charge is 0.0654 e. The number of unbranched alkanes of at least 4 members (excludes halogenated alkanes) is 1. The van der Waals surface area contributed by atoms with E-state index >= 15 is 0 Å². The third kappa shape index (κ3) is 3.37. The van der Waals surface area contributed by atoms with Crippen LogP contribution in [0.4, 0.5) is 0 Å². The summed E-state index contributed by atoms with van der Waals surface area (Å²) in [6.07, 6.45) is 3.74. The zero-order valence-corrected chi connectivity index (χ0v) is 14.4. The van der Waals surface area contributed by atoms with Crippen LogP contribution in [0.15, 0.2) is 24.3 Å². The molecule has 0 aliphatic rings. The highest BCUT2D eigenvalue weighted by atomic mass is 14.1. The van der Waals surface area contributed by atoms with Gasteiger partial charge in [0, 0.05) is 0 Å². The molecule has 0 aliphatic carbocycles. The maximum absolute atomic E-state index is 2.38. The minimum Gasteiger partial charge on any atom is -0.0654 e. The highest BCUT2D eigenvalue weighted by molar-refractivity contribution is 5.73. The van der Waals surface area contributed by atoms with Crippen molar-refractivity contribution in [1.29, 1.82) is 0 Å². The number of aryl methyl sites for hydroxylation is 5. The van der Waals surface area contributed by atoms with Gasteiger partial charge in [0.1, 0.15) is 0 Å². The van der Waals surface area contributed by atoms with Gasteiger partial charge in [-0.05, 0) is 92.0 Å². The van der Waals surface area contributed by atoms with Crippen LogP contribution >= 0.6 is 0 Å². The van der Waals surface area contributed by atoms with Gasteiger partial charge in [-0.3, -0.25) is 0 Å². The molecule has 0 nitrogen and oxygen atoms in total. The van der Waals surface area contributed by atoms with Crippen molar-refractivity contribution >= 4 is 0 Å². The second-order valence-electron chi connectivity index (χ2n) is 6.44. The lowest BCUT2D eigenvalue weighted by Crippen LogP contribution is -1.95. The predicted octanol–water partition coefficient (Wildman–Crippen LogP) is 6.24. The van der Waals surface area contributed by atoms with E-state index in [1.165, 1.54) is 63.8 Å². The summed E-state index contributed by atoms with van der Waals surface area (Å²) in [5, 5.41) is 0. The highest BCUT2D eigenvalue weighted by Gasteiger charge is 2.10. The summed E-state index contributed by atoms with van der Waals surface area (Å²) in [4.78, 5) is 0. The molecule has 2 rings (SSSR count). The van der Waals surface area contributed by atoms with E-state index < -0.39 is 0 Å². The highest BCUT2D eigenvalue weighted by Crippen LogP contribution is 2.31. The molecule has 0 atom stereocenters. The lowest BCUT2D eigenvalue weighted by atomic mass is 9.89. The Bertz CT molecular complexity index is 601. The van der Waals surface area contributed by atoms with Crippen molar-refractivity contribution < 1.29 is 0 Å². The molecule has 0 amide bonds. The molecule has 2 aromatic rings. The molecule has 0 spiro atoms. The van der Waals surface area contributed by atoms with Crippen molar-refractivity contribution in [1.82, 2.24) is 0 Å². The van der Waals surface area contributed by atoms with E-state index in [1.807, 2.05) is 0 Å². The summed E-state index contributed by atoms with van der Waals surface area (Å²) >= 11 is 0. The summed E-state index contributed by atoms with van der Waals surface area (Å²) < 4.78 is 0. The molecule has 21 heavy (non-hydrogen) atoms. The summed E-state index contributed by atoms with van der Waals surface area (Å²) in [7, 11) is 0. The van der Waals surface area contributed by atoms with E-state index in [9.17, 15) is 0 Å². The standard InChI is InChI=1S/C21H28/c1-7-8-9-19-10-16(4)21(17(5)11-19)20-12-14(2)18(6)15(3)13-20/h10-13H,7-9H2,1-6H3. The zero-order valence-electron chi connectivity index (χ0n) is 14.4. The van der Waals surface area contributed by atoms with Gasteiger partial charge in [-0.1, -0.05) is 37.6 Å². The molecule has 0 bridgehead atoms. The van der Waals surface area contributed by atoms with Gasteiger partial charge in [0.2, 0.25) is 0 Å². The first-order chi connectivity index (χ1) is 9.93. The quantitative estimate of drug-likeness (QED) is 0.622. The van der Waals surface area contributed by atoms with E-state index in [0.29, 0.717) is 0 Å². The van der Waals surface area contributed by atoms with Crippen molar-refractivity contribution in [3.8, 4) is 11.1 Å². The van der Waals surface area contributed by atoms with Crippen LogP contribution in [0.3, 0.4) is 0 Å². The predicted molar refractivity (Wildman–Crippen MR) is 94.2 cm³/mol. The summed E-state index contributed by atoms with van der Waals surface area (Å²) in [6, 6.07) is 9.43. The first-order valence-corrected chi connectivity index (χ1v) is 8.12. The Hall–Kier alpha value is -1.56. The maximum Gasteiger partial charge on any atom is -0.0125 e. The van der Waals surface area contributed by atoms with Gasteiger partial charge in [-0.25, -0.2) is 0 Å². The van der Waals surface area contributed by atoms with Gasteiger partial charge in [-0.15, -0.1) is 0 Å². The van der Waals surface area contributed by atoms with Crippen LogP contribution in [0.1, 0.15) is 53.1 Å². The first-order valence-electron chi connectivity index (χ1n) is 8.12. The van der Waals surface area contributed by atoms with E-state index in [-0.39, 0.29) is 0 Å². The average Bonchev–Trinajstić information content (AvgIpc) is 2.41. The number of hydrogen-bond donors (Lipinski definition) is 0. The molecule has 0 unspecified atom stereocenters. The van der Waals surface area contributed by atoms with Crippen LogP contribution in [0, 0.1) is 34.6 Å². The second-order valence-corrected chi connectivity index (χ2v) is 6.44. The maximum atomic E-state index is 2.38. The topological polar surface area (TPSA) is 0 Å². The Labute approximate surface area is 130 Å². The first kappa shape index (κ1) is 15.8. The Kier molecular flexibility index (Phi) is 4.88. The number of hydrogen-bond acceptors (Lipinski definition) is 0. The summed E-state index contributed by atoms with van der Waals surface area (Å²) in [5.41, 5.74) is 11.3. The van der Waals surface area contributed by atoms with Crippen LogP contribution in [0.2, 0.25) is 0 Å². The smallest absolute Gasteiger partial charge is 0.0125 e. The summed E-state index contributed by atoms with van der Waals surface area (Å²) in [5.74, 6) is 0.